The first-order valence-corrected chi connectivity index (χ1v) is 11.5. The fraction of sp³-hybridized carbons (Fsp3) is 0.360. The first-order valence-electron chi connectivity index (χ1n) is 11.5. The van der Waals surface area contributed by atoms with E-state index in [1.54, 1.807) is 4.68 Å². The van der Waals surface area contributed by atoms with Crippen LogP contribution in [0.1, 0.15) is 64.9 Å². The van der Waals surface area contributed by atoms with Gasteiger partial charge in [0.25, 0.3) is 5.91 Å². The Morgan fingerprint density at radius 3 is 2.82 bits per heavy atom. The predicted molar refractivity (Wildman–Crippen MR) is 128 cm³/mol. The highest BCUT2D eigenvalue weighted by Crippen LogP contribution is 2.39. The lowest BCUT2D eigenvalue weighted by Gasteiger charge is -2.20. The van der Waals surface area contributed by atoms with Gasteiger partial charge in [0.05, 0.1) is 23.0 Å². The van der Waals surface area contributed by atoms with Crippen LogP contribution in [0.5, 0.6) is 0 Å². The number of hydrogen-bond acceptors (Lipinski definition) is 5. The topological polar surface area (TPSA) is 101 Å². The molecule has 1 atom stereocenters. The molecule has 3 heterocycles. The van der Waals surface area contributed by atoms with Crippen molar-refractivity contribution in [2.24, 2.45) is 0 Å². The van der Waals surface area contributed by atoms with Gasteiger partial charge in [-0.15, -0.1) is 0 Å². The third-order valence-corrected chi connectivity index (χ3v) is 6.24. The molecule has 3 N–H and O–H groups in total. The molecule has 0 radical (unpaired) electrons. The summed E-state index contributed by atoms with van der Waals surface area (Å²) in [6.07, 6.45) is 6.66. The summed E-state index contributed by atoms with van der Waals surface area (Å²) in [5, 5.41) is 12.0. The van der Waals surface area contributed by atoms with Crippen molar-refractivity contribution in [2.75, 3.05) is 12.4 Å². The molecule has 0 saturated heterocycles. The van der Waals surface area contributed by atoms with E-state index in [0.29, 0.717) is 17.9 Å². The number of aromatic amines is 1. The lowest BCUT2D eigenvalue weighted by atomic mass is 10.0. The minimum atomic E-state index is -0.311. The Morgan fingerprint density at radius 1 is 1.27 bits per heavy atom. The predicted octanol–water partition coefficient (Wildman–Crippen LogP) is 4.12. The van der Waals surface area contributed by atoms with E-state index in [4.69, 9.17) is 4.98 Å². The van der Waals surface area contributed by atoms with E-state index in [1.807, 2.05) is 51.5 Å². The molecule has 5 rings (SSSR count). The Morgan fingerprint density at radius 2 is 2.09 bits per heavy atom. The number of carbonyl (C=O) groups is 1. The van der Waals surface area contributed by atoms with E-state index in [2.05, 4.69) is 37.8 Å². The molecule has 1 fully saturated rings. The summed E-state index contributed by atoms with van der Waals surface area (Å²) in [5.74, 6) is 1.89. The minimum Gasteiger partial charge on any atom is -0.373 e. The number of carbonyl (C=O) groups excluding carboxylic acids is 1. The van der Waals surface area contributed by atoms with Gasteiger partial charge in [0.15, 0.2) is 0 Å². The maximum Gasteiger partial charge on any atom is 0.255 e. The first kappa shape index (κ1) is 21.2. The summed E-state index contributed by atoms with van der Waals surface area (Å²) in [6, 6.07) is 9.84. The second kappa shape index (κ2) is 8.69. The fourth-order valence-corrected chi connectivity index (χ4v) is 4.20. The van der Waals surface area contributed by atoms with Gasteiger partial charge in [-0.3, -0.25) is 9.48 Å². The van der Waals surface area contributed by atoms with Gasteiger partial charge in [-0.1, -0.05) is 18.2 Å². The molecule has 1 aliphatic rings. The third kappa shape index (κ3) is 4.33. The molecule has 1 saturated carbocycles. The SMILES string of the molecule is CCn1cc(C(=O)N[C@@H](Cc2c[nH]c3ccccc23)c2cc(NC)nc(C3CC3)n2)c(C)n1. The van der Waals surface area contributed by atoms with Crippen molar-refractivity contribution in [3.05, 3.63) is 71.1 Å². The number of rotatable bonds is 8. The van der Waals surface area contributed by atoms with E-state index < -0.39 is 0 Å². The maximum atomic E-state index is 13.3. The monoisotopic (exact) mass is 443 g/mol. The largest absolute Gasteiger partial charge is 0.373 e. The number of para-hydroxylation sites is 1. The Labute approximate surface area is 192 Å². The Hall–Kier alpha value is -3.68. The molecular weight excluding hydrogens is 414 g/mol. The van der Waals surface area contributed by atoms with Gasteiger partial charge >= 0.3 is 0 Å². The number of fused-ring (bicyclic) bond motifs is 1. The Bertz CT molecular complexity index is 1300. The number of benzene rings is 1. The molecule has 4 aromatic rings. The van der Waals surface area contributed by atoms with Gasteiger partial charge < -0.3 is 15.6 Å². The average molecular weight is 444 g/mol. The van der Waals surface area contributed by atoms with Gasteiger partial charge in [0.2, 0.25) is 0 Å². The lowest BCUT2D eigenvalue weighted by molar-refractivity contribution is 0.0935. The van der Waals surface area contributed by atoms with E-state index in [0.717, 1.165) is 58.9 Å². The second-order valence-electron chi connectivity index (χ2n) is 8.63. The summed E-state index contributed by atoms with van der Waals surface area (Å²) in [4.78, 5) is 26.2. The molecular formula is C25H29N7O. The zero-order valence-electron chi connectivity index (χ0n) is 19.2. The molecule has 0 spiro atoms. The maximum absolute atomic E-state index is 13.3. The number of anilines is 1. The number of aromatic nitrogens is 5. The first-order chi connectivity index (χ1) is 16.1. The van der Waals surface area contributed by atoms with Crippen LogP contribution < -0.4 is 10.6 Å². The minimum absolute atomic E-state index is 0.144. The summed E-state index contributed by atoms with van der Waals surface area (Å²) in [5.41, 5.74) is 4.34. The van der Waals surface area contributed by atoms with Crippen LogP contribution in [0, 0.1) is 6.92 Å². The van der Waals surface area contributed by atoms with Crippen LogP contribution in [0.4, 0.5) is 5.82 Å². The van der Waals surface area contributed by atoms with E-state index in [-0.39, 0.29) is 11.9 Å². The van der Waals surface area contributed by atoms with Crippen LogP contribution in [0.3, 0.4) is 0 Å². The van der Waals surface area contributed by atoms with Crippen LogP contribution in [0.15, 0.2) is 42.7 Å². The Kier molecular flexibility index (Phi) is 5.58. The molecule has 1 aromatic carbocycles. The summed E-state index contributed by atoms with van der Waals surface area (Å²) in [6.45, 7) is 4.59. The van der Waals surface area contributed by atoms with Crippen molar-refractivity contribution in [1.29, 1.82) is 0 Å². The molecule has 33 heavy (non-hydrogen) atoms. The number of aryl methyl sites for hydroxylation is 2. The van der Waals surface area contributed by atoms with Crippen molar-refractivity contribution >= 4 is 22.6 Å². The number of nitrogens with zero attached hydrogens (tertiary/aromatic N) is 4. The summed E-state index contributed by atoms with van der Waals surface area (Å²) < 4.78 is 1.79. The number of amides is 1. The number of nitrogens with one attached hydrogen (secondary N) is 3. The standard InChI is InChI=1S/C25H29N7O/c1-4-32-14-19(15(2)31-32)25(33)29-21(11-17-13-27-20-8-6-5-7-18(17)20)22-12-23(26-3)30-24(28-22)16-9-10-16/h5-8,12-14,16,21,27H,4,9-11H2,1-3H3,(H,29,33)(H,26,28,30)/t21-/m0/s1. The zero-order chi connectivity index (χ0) is 22.9. The van der Waals surface area contributed by atoms with Crippen LogP contribution in [-0.2, 0) is 13.0 Å². The van der Waals surface area contributed by atoms with Crippen molar-refractivity contribution in [2.45, 2.75) is 51.6 Å². The average Bonchev–Trinajstić information content (AvgIpc) is 3.51. The third-order valence-electron chi connectivity index (χ3n) is 6.24. The van der Waals surface area contributed by atoms with Crippen LogP contribution >= 0.6 is 0 Å². The Balaban J connectivity index is 1.52. The van der Waals surface area contributed by atoms with Crippen molar-refractivity contribution in [3.63, 3.8) is 0 Å². The summed E-state index contributed by atoms with van der Waals surface area (Å²) >= 11 is 0. The number of H-pyrrole nitrogens is 1. The normalized spacial score (nSPS) is 14.4. The number of hydrogen-bond donors (Lipinski definition) is 3. The van der Waals surface area contributed by atoms with Crippen LogP contribution in [0.2, 0.25) is 0 Å². The molecule has 3 aromatic heterocycles. The van der Waals surface area contributed by atoms with Crippen molar-refractivity contribution < 1.29 is 4.79 Å². The zero-order valence-corrected chi connectivity index (χ0v) is 19.2. The van der Waals surface area contributed by atoms with Crippen LogP contribution in [0.25, 0.3) is 10.9 Å². The second-order valence-corrected chi connectivity index (χ2v) is 8.63. The van der Waals surface area contributed by atoms with Gasteiger partial charge in [-0.05, 0) is 38.3 Å². The van der Waals surface area contributed by atoms with Gasteiger partial charge in [-0.2, -0.15) is 5.10 Å². The van der Waals surface area contributed by atoms with E-state index in [1.165, 1.54) is 0 Å². The van der Waals surface area contributed by atoms with E-state index >= 15 is 0 Å². The van der Waals surface area contributed by atoms with Gasteiger partial charge in [0.1, 0.15) is 11.6 Å². The molecule has 0 unspecified atom stereocenters. The molecule has 8 nitrogen and oxygen atoms in total. The molecule has 1 aliphatic carbocycles. The molecule has 0 bridgehead atoms. The highest BCUT2D eigenvalue weighted by Gasteiger charge is 2.29. The highest BCUT2D eigenvalue weighted by molar-refractivity contribution is 5.95. The molecule has 0 aliphatic heterocycles. The molecule has 8 heteroatoms. The van der Waals surface area contributed by atoms with Crippen molar-refractivity contribution in [3.8, 4) is 0 Å². The van der Waals surface area contributed by atoms with Gasteiger partial charge in [0, 0.05) is 55.3 Å². The fourth-order valence-electron chi connectivity index (χ4n) is 4.20. The quantitative estimate of drug-likeness (QED) is 0.380. The highest BCUT2D eigenvalue weighted by atomic mass is 16.1. The molecule has 1 amide bonds. The smallest absolute Gasteiger partial charge is 0.255 e. The van der Waals surface area contributed by atoms with Gasteiger partial charge in [-0.25, -0.2) is 9.97 Å². The van der Waals surface area contributed by atoms with E-state index in [9.17, 15) is 4.79 Å². The summed E-state index contributed by atoms with van der Waals surface area (Å²) in [7, 11) is 1.86. The molecule has 170 valence electrons. The van der Waals surface area contributed by atoms with Crippen LogP contribution in [-0.4, -0.2) is 37.7 Å². The van der Waals surface area contributed by atoms with Crippen molar-refractivity contribution in [1.82, 2.24) is 30.0 Å². The lowest BCUT2D eigenvalue weighted by Crippen LogP contribution is -2.31.